The second kappa shape index (κ2) is 7.14. The standard InChI is InChI=1S/C16H17NO5S2/c1-10-3-5-11(6-4-10)24(20,21)8-7-13(18)12-9-23-15(14(12)17)16(19)22-2/h3-6,9H,7-8,17H2,1-2H3. The van der Waals surface area contributed by atoms with Crippen LogP contribution in [0.25, 0.3) is 0 Å². The van der Waals surface area contributed by atoms with E-state index >= 15 is 0 Å². The van der Waals surface area contributed by atoms with Crippen molar-refractivity contribution in [2.24, 2.45) is 0 Å². The Morgan fingerprint density at radius 1 is 1.21 bits per heavy atom. The van der Waals surface area contributed by atoms with Crippen LogP contribution in [0.15, 0.2) is 34.5 Å². The fourth-order valence-corrected chi connectivity index (χ4v) is 4.21. The number of carbonyl (C=O) groups is 2. The maximum absolute atomic E-state index is 12.3. The first-order chi connectivity index (χ1) is 11.3. The zero-order valence-corrected chi connectivity index (χ0v) is 14.9. The van der Waals surface area contributed by atoms with Crippen LogP contribution in [0.4, 0.5) is 5.69 Å². The van der Waals surface area contributed by atoms with Crippen LogP contribution in [-0.2, 0) is 14.6 Å². The van der Waals surface area contributed by atoms with Crippen molar-refractivity contribution < 1.29 is 22.7 Å². The van der Waals surface area contributed by atoms with Crippen LogP contribution >= 0.6 is 11.3 Å². The maximum Gasteiger partial charge on any atom is 0.350 e. The van der Waals surface area contributed by atoms with Crippen LogP contribution in [0.1, 0.15) is 32.0 Å². The van der Waals surface area contributed by atoms with Crippen LogP contribution < -0.4 is 5.73 Å². The van der Waals surface area contributed by atoms with Gasteiger partial charge in [-0.1, -0.05) is 17.7 Å². The van der Waals surface area contributed by atoms with Gasteiger partial charge in [-0.05, 0) is 19.1 Å². The molecular weight excluding hydrogens is 350 g/mol. The van der Waals surface area contributed by atoms with Gasteiger partial charge in [0.25, 0.3) is 0 Å². The van der Waals surface area contributed by atoms with Crippen molar-refractivity contribution in [3.05, 3.63) is 45.6 Å². The molecule has 24 heavy (non-hydrogen) atoms. The molecule has 1 heterocycles. The molecule has 0 spiro atoms. The van der Waals surface area contributed by atoms with Gasteiger partial charge in [-0.15, -0.1) is 11.3 Å². The summed E-state index contributed by atoms with van der Waals surface area (Å²) in [4.78, 5) is 24.0. The molecule has 0 fully saturated rings. The number of ether oxygens (including phenoxy) is 1. The van der Waals surface area contributed by atoms with Crippen LogP contribution in [0.2, 0.25) is 0 Å². The zero-order valence-electron chi connectivity index (χ0n) is 13.2. The van der Waals surface area contributed by atoms with Crippen molar-refractivity contribution in [2.75, 3.05) is 18.6 Å². The zero-order chi connectivity index (χ0) is 17.9. The smallest absolute Gasteiger partial charge is 0.350 e. The summed E-state index contributed by atoms with van der Waals surface area (Å²) in [6, 6.07) is 6.44. The van der Waals surface area contributed by atoms with E-state index in [1.54, 1.807) is 12.1 Å². The van der Waals surface area contributed by atoms with E-state index < -0.39 is 21.6 Å². The molecule has 0 aliphatic carbocycles. The average Bonchev–Trinajstić information content (AvgIpc) is 2.94. The van der Waals surface area contributed by atoms with E-state index in [0.29, 0.717) is 0 Å². The number of nitrogen functional groups attached to an aromatic ring is 1. The molecule has 0 aliphatic heterocycles. The van der Waals surface area contributed by atoms with E-state index in [4.69, 9.17) is 5.73 Å². The first-order valence-corrected chi connectivity index (χ1v) is 9.57. The molecule has 6 nitrogen and oxygen atoms in total. The predicted molar refractivity (Wildman–Crippen MR) is 92.3 cm³/mol. The summed E-state index contributed by atoms with van der Waals surface area (Å²) < 4.78 is 29.1. The van der Waals surface area contributed by atoms with Crippen molar-refractivity contribution in [3.8, 4) is 0 Å². The Morgan fingerprint density at radius 3 is 2.42 bits per heavy atom. The summed E-state index contributed by atoms with van der Waals surface area (Å²) in [5.41, 5.74) is 6.92. The number of ketones is 1. The summed E-state index contributed by atoms with van der Waals surface area (Å²) in [5.74, 6) is -1.36. The number of hydrogen-bond donors (Lipinski definition) is 1. The van der Waals surface area contributed by atoms with Gasteiger partial charge >= 0.3 is 5.97 Å². The van der Waals surface area contributed by atoms with Crippen molar-refractivity contribution >= 4 is 38.6 Å². The maximum atomic E-state index is 12.3. The number of carbonyl (C=O) groups excluding carboxylic acids is 2. The van der Waals surface area contributed by atoms with E-state index in [0.717, 1.165) is 16.9 Å². The average molecular weight is 367 g/mol. The minimum atomic E-state index is -3.56. The lowest BCUT2D eigenvalue weighted by molar-refractivity contribution is 0.0607. The molecular formula is C16H17NO5S2. The summed E-state index contributed by atoms with van der Waals surface area (Å²) in [7, 11) is -2.34. The van der Waals surface area contributed by atoms with Gasteiger partial charge in [-0.2, -0.15) is 0 Å². The number of methoxy groups -OCH3 is 1. The molecule has 8 heteroatoms. The van der Waals surface area contributed by atoms with Crippen molar-refractivity contribution in [1.82, 2.24) is 0 Å². The normalized spacial score (nSPS) is 11.2. The van der Waals surface area contributed by atoms with E-state index in [9.17, 15) is 18.0 Å². The van der Waals surface area contributed by atoms with Gasteiger partial charge in [0, 0.05) is 11.8 Å². The minimum Gasteiger partial charge on any atom is -0.465 e. The lowest BCUT2D eigenvalue weighted by atomic mass is 10.1. The summed E-state index contributed by atoms with van der Waals surface area (Å²) in [6.07, 6.45) is -0.211. The van der Waals surface area contributed by atoms with E-state index in [1.165, 1.54) is 24.6 Å². The summed E-state index contributed by atoms with van der Waals surface area (Å²) >= 11 is 0.999. The topological polar surface area (TPSA) is 104 Å². The number of esters is 1. The number of aryl methyl sites for hydroxylation is 1. The number of rotatable bonds is 6. The largest absolute Gasteiger partial charge is 0.465 e. The fourth-order valence-electron chi connectivity index (χ4n) is 2.06. The number of sulfone groups is 1. The Bertz CT molecular complexity index is 866. The highest BCUT2D eigenvalue weighted by Gasteiger charge is 2.22. The Kier molecular flexibility index (Phi) is 5.40. The Labute approximate surface area is 144 Å². The van der Waals surface area contributed by atoms with Crippen molar-refractivity contribution in [1.29, 1.82) is 0 Å². The highest BCUT2D eigenvalue weighted by Crippen LogP contribution is 2.27. The lowest BCUT2D eigenvalue weighted by Gasteiger charge is -2.05. The number of hydrogen-bond acceptors (Lipinski definition) is 7. The van der Waals surface area contributed by atoms with Crippen LogP contribution in [0, 0.1) is 6.92 Å². The Balaban J connectivity index is 2.12. The summed E-state index contributed by atoms with van der Waals surface area (Å²) in [6.45, 7) is 1.86. The van der Waals surface area contributed by atoms with Gasteiger partial charge < -0.3 is 10.5 Å². The number of thiophene rings is 1. The molecule has 0 saturated carbocycles. The highest BCUT2D eigenvalue weighted by molar-refractivity contribution is 7.91. The third-order valence-electron chi connectivity index (χ3n) is 3.48. The first kappa shape index (κ1) is 18.2. The van der Waals surface area contributed by atoms with Crippen LogP contribution in [0.3, 0.4) is 0 Å². The second-order valence-corrected chi connectivity index (χ2v) is 8.18. The molecule has 0 aliphatic rings. The van der Waals surface area contributed by atoms with Gasteiger partial charge in [-0.3, -0.25) is 4.79 Å². The number of benzene rings is 1. The van der Waals surface area contributed by atoms with Crippen molar-refractivity contribution in [2.45, 2.75) is 18.2 Å². The molecule has 0 atom stereocenters. The molecule has 2 aromatic rings. The van der Waals surface area contributed by atoms with Crippen LogP contribution in [-0.4, -0.2) is 33.0 Å². The number of nitrogens with two attached hydrogens (primary N) is 1. The van der Waals surface area contributed by atoms with Gasteiger partial charge in [0.15, 0.2) is 15.6 Å². The van der Waals surface area contributed by atoms with Crippen molar-refractivity contribution in [3.63, 3.8) is 0 Å². The molecule has 0 radical (unpaired) electrons. The number of Topliss-reactive ketones (excluding diaryl/α,β-unsaturated/α-hetero) is 1. The Morgan fingerprint density at radius 2 is 1.83 bits per heavy atom. The fraction of sp³-hybridized carbons (Fsp3) is 0.250. The second-order valence-electron chi connectivity index (χ2n) is 5.19. The third kappa shape index (κ3) is 3.82. The van der Waals surface area contributed by atoms with Gasteiger partial charge in [0.1, 0.15) is 4.88 Å². The Hall–Kier alpha value is -2.19. The monoisotopic (exact) mass is 367 g/mol. The highest BCUT2D eigenvalue weighted by atomic mass is 32.2. The van der Waals surface area contributed by atoms with E-state index in [1.807, 2.05) is 6.92 Å². The van der Waals surface area contributed by atoms with Crippen LogP contribution in [0.5, 0.6) is 0 Å². The molecule has 0 unspecified atom stereocenters. The SMILES string of the molecule is COC(=O)c1scc(C(=O)CCS(=O)(=O)c2ccc(C)cc2)c1N. The van der Waals surface area contributed by atoms with Gasteiger partial charge in [-0.25, -0.2) is 13.2 Å². The lowest BCUT2D eigenvalue weighted by Crippen LogP contribution is -2.13. The van der Waals surface area contributed by atoms with Gasteiger partial charge in [0.2, 0.25) is 0 Å². The molecule has 2 N–H and O–H groups in total. The van der Waals surface area contributed by atoms with E-state index in [2.05, 4.69) is 4.74 Å². The van der Waals surface area contributed by atoms with E-state index in [-0.39, 0.29) is 33.2 Å². The molecule has 1 aromatic heterocycles. The molecule has 0 amide bonds. The first-order valence-electron chi connectivity index (χ1n) is 7.04. The predicted octanol–water partition coefficient (Wildman–Crippen LogP) is 2.47. The summed E-state index contributed by atoms with van der Waals surface area (Å²) in [5, 5.41) is 1.45. The molecule has 2 rings (SSSR count). The number of anilines is 1. The quantitative estimate of drug-likeness (QED) is 0.621. The third-order valence-corrected chi connectivity index (χ3v) is 6.19. The van der Waals surface area contributed by atoms with Gasteiger partial charge in [0.05, 0.1) is 29.0 Å². The molecule has 128 valence electrons. The molecule has 0 saturated heterocycles. The molecule has 1 aromatic carbocycles. The molecule has 0 bridgehead atoms. The minimum absolute atomic E-state index is 0.0320.